The molecule has 0 aliphatic heterocycles. The summed E-state index contributed by atoms with van der Waals surface area (Å²) in [4.78, 5) is 15.3. The Kier molecular flexibility index (Phi) is 5.61. The first-order valence-electron chi connectivity index (χ1n) is 7.23. The summed E-state index contributed by atoms with van der Waals surface area (Å²) in [6.07, 6.45) is 0. The Morgan fingerprint density at radius 3 is 2.59 bits per heavy atom. The van der Waals surface area contributed by atoms with Crippen molar-refractivity contribution in [3.63, 3.8) is 0 Å². The van der Waals surface area contributed by atoms with E-state index in [1.54, 1.807) is 29.8 Å². The summed E-state index contributed by atoms with van der Waals surface area (Å²) in [5, 5.41) is 0.405. The van der Waals surface area contributed by atoms with Crippen LogP contribution in [0.1, 0.15) is 29.8 Å². The lowest BCUT2D eigenvalue weighted by Gasteiger charge is -2.19. The van der Waals surface area contributed by atoms with Gasteiger partial charge in [-0.1, -0.05) is 38.1 Å². The summed E-state index contributed by atoms with van der Waals surface area (Å²) in [6, 6.07) is 14.0. The van der Waals surface area contributed by atoms with Crippen LogP contribution in [0.4, 0.5) is 4.39 Å². The maximum Gasteiger partial charge on any atom is 0.255 e. The smallest absolute Gasteiger partial charge is 0.255 e. The van der Waals surface area contributed by atoms with Crippen LogP contribution in [-0.4, -0.2) is 23.1 Å². The van der Waals surface area contributed by atoms with Crippen molar-refractivity contribution >= 4 is 17.7 Å². The second-order valence-corrected chi connectivity index (χ2v) is 7.07. The topological polar surface area (TPSA) is 20.3 Å². The lowest BCUT2D eigenvalue weighted by molar-refractivity contribution is 0.0781. The third kappa shape index (κ3) is 4.34. The van der Waals surface area contributed by atoms with E-state index in [1.807, 2.05) is 30.3 Å². The maximum atomic E-state index is 13.2. The molecule has 0 bridgehead atoms. The highest BCUT2D eigenvalue weighted by molar-refractivity contribution is 8.00. The fourth-order valence-corrected chi connectivity index (χ4v) is 3.13. The van der Waals surface area contributed by atoms with Gasteiger partial charge < -0.3 is 4.90 Å². The van der Waals surface area contributed by atoms with Crippen molar-refractivity contribution in [3.05, 3.63) is 65.5 Å². The van der Waals surface area contributed by atoms with E-state index in [4.69, 9.17) is 0 Å². The summed E-state index contributed by atoms with van der Waals surface area (Å²) in [6.45, 7) is 4.59. The van der Waals surface area contributed by atoms with Crippen LogP contribution in [0.5, 0.6) is 0 Å². The molecule has 22 heavy (non-hydrogen) atoms. The van der Waals surface area contributed by atoms with Gasteiger partial charge in [-0.05, 0) is 29.8 Å². The molecule has 1 amide bonds. The Hall–Kier alpha value is -1.81. The van der Waals surface area contributed by atoms with Crippen LogP contribution < -0.4 is 0 Å². The zero-order valence-electron chi connectivity index (χ0n) is 13.0. The predicted octanol–water partition coefficient (Wildman–Crippen LogP) is 4.60. The van der Waals surface area contributed by atoms with Crippen molar-refractivity contribution in [2.45, 2.75) is 30.5 Å². The summed E-state index contributed by atoms with van der Waals surface area (Å²) in [5.74, 6) is -0.331. The average molecular weight is 317 g/mol. The number of hydrogen-bond acceptors (Lipinski definition) is 2. The lowest BCUT2D eigenvalue weighted by Crippen LogP contribution is -2.26. The number of halogens is 1. The first kappa shape index (κ1) is 16.6. The molecule has 2 aromatic rings. The van der Waals surface area contributed by atoms with E-state index < -0.39 is 0 Å². The first-order chi connectivity index (χ1) is 10.5. The highest BCUT2D eigenvalue weighted by Gasteiger charge is 2.16. The van der Waals surface area contributed by atoms with Gasteiger partial charge in [0.05, 0.1) is 5.56 Å². The molecule has 0 saturated carbocycles. The zero-order valence-corrected chi connectivity index (χ0v) is 13.9. The van der Waals surface area contributed by atoms with Gasteiger partial charge in [0.2, 0.25) is 0 Å². The van der Waals surface area contributed by atoms with Crippen molar-refractivity contribution in [2.24, 2.45) is 0 Å². The van der Waals surface area contributed by atoms with Crippen LogP contribution in [-0.2, 0) is 6.54 Å². The van der Waals surface area contributed by atoms with E-state index in [1.165, 1.54) is 12.1 Å². The lowest BCUT2D eigenvalue weighted by atomic mass is 10.1. The molecule has 0 fully saturated rings. The van der Waals surface area contributed by atoms with Crippen LogP contribution in [0, 0.1) is 5.82 Å². The van der Waals surface area contributed by atoms with E-state index in [9.17, 15) is 9.18 Å². The molecule has 0 atom stereocenters. The van der Waals surface area contributed by atoms with Crippen molar-refractivity contribution < 1.29 is 9.18 Å². The molecular formula is C18H20FNOS. The summed E-state index contributed by atoms with van der Waals surface area (Å²) >= 11 is 1.67. The number of rotatable bonds is 5. The molecule has 0 aromatic heterocycles. The minimum atomic E-state index is -0.283. The number of amides is 1. The van der Waals surface area contributed by atoms with Crippen LogP contribution in [0.15, 0.2) is 53.4 Å². The molecule has 0 spiro atoms. The van der Waals surface area contributed by atoms with E-state index in [2.05, 4.69) is 13.8 Å². The van der Waals surface area contributed by atoms with Gasteiger partial charge in [-0.3, -0.25) is 4.79 Å². The molecular weight excluding hydrogens is 297 g/mol. The minimum absolute atomic E-state index is 0.0481. The molecule has 0 aliphatic rings. The Morgan fingerprint density at radius 1 is 1.18 bits per heavy atom. The van der Waals surface area contributed by atoms with Gasteiger partial charge in [-0.2, -0.15) is 0 Å². The standard InChI is InChI=1S/C18H20FNOS/c1-13(2)22-17-10-5-4-9-16(17)18(21)20(3)12-14-7-6-8-15(19)11-14/h4-11,13H,12H2,1-3H3. The molecule has 0 heterocycles. The zero-order chi connectivity index (χ0) is 16.1. The predicted molar refractivity (Wildman–Crippen MR) is 89.6 cm³/mol. The molecule has 116 valence electrons. The van der Waals surface area contributed by atoms with Gasteiger partial charge in [0.1, 0.15) is 5.82 Å². The number of carbonyl (C=O) groups excluding carboxylic acids is 1. The monoisotopic (exact) mass is 317 g/mol. The third-order valence-electron chi connectivity index (χ3n) is 3.14. The maximum absolute atomic E-state index is 13.2. The van der Waals surface area contributed by atoms with Gasteiger partial charge in [0.15, 0.2) is 0 Å². The summed E-state index contributed by atoms with van der Waals surface area (Å²) in [5.41, 5.74) is 1.48. The second kappa shape index (κ2) is 7.45. The number of benzene rings is 2. The Labute approximate surface area is 135 Å². The van der Waals surface area contributed by atoms with Gasteiger partial charge in [0.25, 0.3) is 5.91 Å². The molecule has 2 nitrogen and oxygen atoms in total. The molecule has 0 saturated heterocycles. The van der Waals surface area contributed by atoms with E-state index in [-0.39, 0.29) is 11.7 Å². The van der Waals surface area contributed by atoms with Crippen molar-refractivity contribution in [2.75, 3.05) is 7.05 Å². The molecule has 4 heteroatoms. The van der Waals surface area contributed by atoms with Gasteiger partial charge in [-0.15, -0.1) is 11.8 Å². The van der Waals surface area contributed by atoms with Crippen LogP contribution >= 0.6 is 11.8 Å². The quantitative estimate of drug-likeness (QED) is 0.751. The third-order valence-corrected chi connectivity index (χ3v) is 4.22. The van der Waals surface area contributed by atoms with Crippen molar-refractivity contribution in [1.29, 1.82) is 0 Å². The van der Waals surface area contributed by atoms with E-state index >= 15 is 0 Å². The van der Waals surface area contributed by atoms with Crippen LogP contribution in [0.25, 0.3) is 0 Å². The fourth-order valence-electron chi connectivity index (χ4n) is 2.19. The molecule has 2 aromatic carbocycles. The Bertz CT molecular complexity index is 657. The normalized spacial score (nSPS) is 10.8. The highest BCUT2D eigenvalue weighted by Crippen LogP contribution is 2.27. The van der Waals surface area contributed by atoms with Crippen molar-refractivity contribution in [3.8, 4) is 0 Å². The van der Waals surface area contributed by atoms with Crippen LogP contribution in [0.3, 0.4) is 0 Å². The van der Waals surface area contributed by atoms with Crippen molar-refractivity contribution in [1.82, 2.24) is 4.90 Å². The van der Waals surface area contributed by atoms with E-state index in [0.717, 1.165) is 10.5 Å². The van der Waals surface area contributed by atoms with Gasteiger partial charge in [-0.25, -0.2) is 4.39 Å². The summed E-state index contributed by atoms with van der Waals surface area (Å²) in [7, 11) is 1.74. The van der Waals surface area contributed by atoms with E-state index in [0.29, 0.717) is 17.4 Å². The fraction of sp³-hybridized carbons (Fsp3) is 0.278. The molecule has 0 aliphatic carbocycles. The Balaban J connectivity index is 2.17. The van der Waals surface area contributed by atoms with Crippen LogP contribution in [0.2, 0.25) is 0 Å². The summed E-state index contributed by atoms with van der Waals surface area (Å²) < 4.78 is 13.2. The first-order valence-corrected chi connectivity index (χ1v) is 8.11. The molecule has 0 unspecified atom stereocenters. The second-order valence-electron chi connectivity index (χ2n) is 5.45. The molecule has 0 N–H and O–H groups in total. The van der Waals surface area contributed by atoms with Gasteiger partial charge >= 0.3 is 0 Å². The number of hydrogen-bond donors (Lipinski definition) is 0. The number of carbonyl (C=O) groups is 1. The largest absolute Gasteiger partial charge is 0.337 e. The molecule has 2 rings (SSSR count). The Morgan fingerprint density at radius 2 is 1.91 bits per heavy atom. The average Bonchev–Trinajstić information content (AvgIpc) is 2.46. The molecule has 0 radical (unpaired) electrons. The number of thioether (sulfide) groups is 1. The highest BCUT2D eigenvalue weighted by atomic mass is 32.2. The SMILES string of the molecule is CC(C)Sc1ccccc1C(=O)N(C)Cc1cccc(F)c1. The number of nitrogens with zero attached hydrogens (tertiary/aromatic N) is 1. The minimum Gasteiger partial charge on any atom is -0.337 e. The van der Waals surface area contributed by atoms with Gasteiger partial charge in [0, 0.05) is 23.7 Å².